The van der Waals surface area contributed by atoms with Crippen LogP contribution < -0.4 is 10.4 Å². The minimum atomic E-state index is -0.718. The Morgan fingerprint density at radius 3 is 2.56 bits per heavy atom. The fourth-order valence-electron chi connectivity index (χ4n) is 4.13. The van der Waals surface area contributed by atoms with E-state index in [2.05, 4.69) is 24.8 Å². The molecule has 6 heteroatoms. The molecular weight excluding hydrogens is 339 g/mol. The van der Waals surface area contributed by atoms with Crippen molar-refractivity contribution in [1.82, 2.24) is 0 Å². The molecule has 2 atom stereocenters. The second-order valence-electron chi connectivity index (χ2n) is 9.10. The Morgan fingerprint density at radius 2 is 2.04 bits per heavy atom. The van der Waals surface area contributed by atoms with E-state index in [-0.39, 0.29) is 5.92 Å². The van der Waals surface area contributed by atoms with Gasteiger partial charge >= 0.3 is 7.12 Å². The van der Waals surface area contributed by atoms with Crippen molar-refractivity contribution < 1.29 is 14.4 Å². The van der Waals surface area contributed by atoms with Crippen LogP contribution in [0.1, 0.15) is 59.9 Å². The molecule has 0 spiro atoms. The second kappa shape index (κ2) is 6.81. The number of anilines is 1. The van der Waals surface area contributed by atoms with E-state index in [0.29, 0.717) is 5.56 Å². The summed E-state index contributed by atoms with van der Waals surface area (Å²) < 4.78 is 12.5. The van der Waals surface area contributed by atoms with Gasteiger partial charge < -0.3 is 19.3 Å². The smallest absolute Gasteiger partial charge is 0.399 e. The molecule has 146 valence electrons. The minimum Gasteiger partial charge on any atom is -0.399 e. The van der Waals surface area contributed by atoms with Gasteiger partial charge in [-0.05, 0) is 53.5 Å². The largest absolute Gasteiger partial charge is 0.496 e. The van der Waals surface area contributed by atoms with Gasteiger partial charge in [0, 0.05) is 24.5 Å². The molecule has 2 aliphatic rings. The molecule has 2 unspecified atom stereocenters. The van der Waals surface area contributed by atoms with Gasteiger partial charge in [-0.2, -0.15) is 5.26 Å². The molecule has 1 N–H and O–H groups in total. The lowest BCUT2D eigenvalue weighted by atomic mass is 9.75. The van der Waals surface area contributed by atoms with Crippen LogP contribution in [0.4, 0.5) is 5.69 Å². The van der Waals surface area contributed by atoms with Gasteiger partial charge in [0.05, 0.1) is 28.1 Å². The highest BCUT2D eigenvalue weighted by molar-refractivity contribution is 6.63. The number of hydrogen-bond acceptors (Lipinski definition) is 5. The van der Waals surface area contributed by atoms with Gasteiger partial charge in [-0.1, -0.05) is 19.1 Å². The third-order valence-corrected chi connectivity index (χ3v) is 6.69. The van der Waals surface area contributed by atoms with Crippen LogP contribution in [0, 0.1) is 17.2 Å². The highest BCUT2D eigenvalue weighted by Gasteiger charge is 2.54. The summed E-state index contributed by atoms with van der Waals surface area (Å²) in [6.45, 7) is 13.5. The van der Waals surface area contributed by atoms with Gasteiger partial charge in [-0.25, -0.2) is 0 Å². The molecule has 27 heavy (non-hydrogen) atoms. The number of nitriles is 1. The van der Waals surface area contributed by atoms with Crippen molar-refractivity contribution in [3.63, 3.8) is 0 Å². The van der Waals surface area contributed by atoms with Crippen LogP contribution in [0.3, 0.4) is 0 Å². The zero-order chi connectivity index (χ0) is 20.0. The van der Waals surface area contributed by atoms with Crippen LogP contribution in [0.5, 0.6) is 0 Å². The van der Waals surface area contributed by atoms with Gasteiger partial charge in [0.15, 0.2) is 0 Å². The van der Waals surface area contributed by atoms with Gasteiger partial charge in [-0.15, -0.1) is 0 Å². The highest BCUT2D eigenvalue weighted by Crippen LogP contribution is 2.40. The summed E-state index contributed by atoms with van der Waals surface area (Å²) in [5.74, 6) is 0.189. The summed E-state index contributed by atoms with van der Waals surface area (Å²) in [6.07, 6.45) is 1.74. The van der Waals surface area contributed by atoms with Crippen molar-refractivity contribution in [3.8, 4) is 6.07 Å². The Hall–Kier alpha value is -1.55. The first kappa shape index (κ1) is 20.2. The van der Waals surface area contributed by atoms with E-state index >= 15 is 0 Å². The Labute approximate surface area is 163 Å². The standard InChI is InChI=1S/C21H31BN2O3/c1-7-21(6)20(4,5)26-22(27-21)17-9-8-10-18(16(17)13-23)24-12-11-15(14-24)19(2,3)25/h8-10,15,25H,7,11-12,14H2,1-6H3. The number of benzene rings is 1. The van der Waals surface area contributed by atoms with E-state index in [1.165, 1.54) is 0 Å². The fraction of sp³-hybridized carbons (Fsp3) is 0.667. The van der Waals surface area contributed by atoms with E-state index in [9.17, 15) is 10.4 Å². The van der Waals surface area contributed by atoms with E-state index in [4.69, 9.17) is 9.31 Å². The highest BCUT2D eigenvalue weighted by atomic mass is 16.7. The minimum absolute atomic E-state index is 0.189. The van der Waals surface area contributed by atoms with Crippen LogP contribution in [-0.4, -0.2) is 42.1 Å². The topological polar surface area (TPSA) is 65.7 Å². The maximum atomic E-state index is 10.3. The molecule has 1 aromatic rings. The molecule has 0 amide bonds. The molecule has 0 saturated carbocycles. The van der Waals surface area contributed by atoms with Gasteiger partial charge in [0.2, 0.25) is 0 Å². The summed E-state index contributed by atoms with van der Waals surface area (Å²) in [5.41, 5.74) is 0.734. The molecule has 0 aliphatic carbocycles. The summed E-state index contributed by atoms with van der Waals surface area (Å²) in [4.78, 5) is 2.20. The van der Waals surface area contributed by atoms with Crippen molar-refractivity contribution in [2.24, 2.45) is 5.92 Å². The van der Waals surface area contributed by atoms with Crippen LogP contribution in [0.25, 0.3) is 0 Å². The van der Waals surface area contributed by atoms with Gasteiger partial charge in [-0.3, -0.25) is 0 Å². The molecule has 2 aliphatic heterocycles. The summed E-state index contributed by atoms with van der Waals surface area (Å²) >= 11 is 0. The molecule has 0 bridgehead atoms. The molecule has 3 rings (SSSR count). The predicted octanol–water partition coefficient (Wildman–Crippen LogP) is 2.84. The van der Waals surface area contributed by atoms with Crippen LogP contribution in [0.2, 0.25) is 0 Å². The predicted molar refractivity (Wildman–Crippen MR) is 108 cm³/mol. The summed E-state index contributed by atoms with van der Waals surface area (Å²) in [5, 5.41) is 20.3. The molecule has 2 heterocycles. The van der Waals surface area contributed by atoms with Crippen molar-refractivity contribution in [2.45, 2.75) is 71.2 Å². The first-order valence-electron chi connectivity index (χ1n) is 9.88. The van der Waals surface area contributed by atoms with Crippen molar-refractivity contribution in [3.05, 3.63) is 23.8 Å². The van der Waals surface area contributed by atoms with E-state index in [1.54, 1.807) is 0 Å². The summed E-state index contributed by atoms with van der Waals surface area (Å²) in [6, 6.07) is 8.25. The van der Waals surface area contributed by atoms with Crippen molar-refractivity contribution in [1.29, 1.82) is 5.26 Å². The summed E-state index contributed by atoms with van der Waals surface area (Å²) in [7, 11) is -0.549. The van der Waals surface area contributed by atoms with Crippen molar-refractivity contribution in [2.75, 3.05) is 18.0 Å². The Balaban J connectivity index is 1.92. The number of aliphatic hydroxyl groups is 1. The zero-order valence-corrected chi connectivity index (χ0v) is 17.4. The first-order chi connectivity index (χ1) is 12.5. The van der Waals surface area contributed by atoms with Crippen molar-refractivity contribution >= 4 is 18.3 Å². The lowest BCUT2D eigenvalue weighted by molar-refractivity contribution is -0.0118. The van der Waals surface area contributed by atoms with E-state index in [1.807, 2.05) is 45.9 Å². The number of nitrogens with zero attached hydrogens (tertiary/aromatic N) is 2. The Morgan fingerprint density at radius 1 is 1.33 bits per heavy atom. The Kier molecular flexibility index (Phi) is 5.09. The average molecular weight is 370 g/mol. The first-order valence-corrected chi connectivity index (χ1v) is 9.88. The average Bonchev–Trinajstić information content (AvgIpc) is 3.18. The molecule has 2 fully saturated rings. The zero-order valence-electron chi connectivity index (χ0n) is 17.4. The molecule has 2 saturated heterocycles. The second-order valence-corrected chi connectivity index (χ2v) is 9.10. The molecule has 5 nitrogen and oxygen atoms in total. The third-order valence-electron chi connectivity index (χ3n) is 6.69. The fourth-order valence-corrected chi connectivity index (χ4v) is 4.13. The quantitative estimate of drug-likeness (QED) is 0.826. The van der Waals surface area contributed by atoms with Crippen LogP contribution in [0.15, 0.2) is 18.2 Å². The van der Waals surface area contributed by atoms with E-state index < -0.39 is 23.9 Å². The lowest BCUT2D eigenvalue weighted by Crippen LogP contribution is -2.44. The third kappa shape index (κ3) is 3.49. The van der Waals surface area contributed by atoms with Gasteiger partial charge in [0.1, 0.15) is 6.07 Å². The maximum absolute atomic E-state index is 10.3. The van der Waals surface area contributed by atoms with Gasteiger partial charge in [0.25, 0.3) is 0 Å². The van der Waals surface area contributed by atoms with Crippen LogP contribution >= 0.6 is 0 Å². The maximum Gasteiger partial charge on any atom is 0.496 e. The molecule has 0 radical (unpaired) electrons. The SMILES string of the molecule is CCC1(C)OB(c2cccc(N3CCC(C(C)(C)O)C3)c2C#N)OC1(C)C. The molecular formula is C21H31BN2O3. The van der Waals surface area contributed by atoms with Crippen LogP contribution in [-0.2, 0) is 9.31 Å². The monoisotopic (exact) mass is 370 g/mol. The number of hydrogen-bond donors (Lipinski definition) is 1. The Bertz CT molecular complexity index is 753. The normalized spacial score (nSPS) is 27.9. The molecule has 1 aromatic carbocycles. The van der Waals surface area contributed by atoms with E-state index in [0.717, 1.165) is 37.1 Å². The number of rotatable bonds is 4. The lowest BCUT2D eigenvalue weighted by Gasteiger charge is -2.35. The molecule has 0 aromatic heterocycles.